The maximum Gasteiger partial charge on any atom is 0.196 e. The van der Waals surface area contributed by atoms with Crippen LogP contribution in [-0.2, 0) is 14.2 Å². The van der Waals surface area contributed by atoms with Gasteiger partial charge in [-0.2, -0.15) is 5.26 Å². The monoisotopic (exact) mass is 157 g/mol. The fourth-order valence-electron chi connectivity index (χ4n) is 0.612. The summed E-state index contributed by atoms with van der Waals surface area (Å²) >= 11 is 0. The van der Waals surface area contributed by atoms with Crippen molar-refractivity contribution >= 4 is 0 Å². The van der Waals surface area contributed by atoms with E-state index >= 15 is 0 Å². The van der Waals surface area contributed by atoms with E-state index in [9.17, 15) is 0 Å². The molecule has 62 valence electrons. The average molecular weight is 157 g/mol. The number of nitriles is 1. The number of hydrogen-bond acceptors (Lipinski definition) is 4. The third-order valence-corrected chi connectivity index (χ3v) is 1.06. The van der Waals surface area contributed by atoms with Crippen LogP contribution in [0, 0.1) is 11.3 Å². The van der Waals surface area contributed by atoms with Crippen LogP contribution in [0.25, 0.3) is 0 Å². The molecule has 0 spiro atoms. The number of methoxy groups -OCH3 is 3. The molecule has 0 radical (unpaired) electrons. The molecule has 0 bridgehead atoms. The molecule has 0 amide bonds. The number of rotatable bonds is 4. The minimum Gasteiger partial charge on any atom is -0.503 e. The van der Waals surface area contributed by atoms with Gasteiger partial charge in [-0.15, -0.1) is 0 Å². The Balaban J connectivity index is 4.24. The van der Waals surface area contributed by atoms with Gasteiger partial charge in [0.15, 0.2) is 6.29 Å². The topological polar surface area (TPSA) is 51.5 Å². The molecule has 0 aliphatic carbocycles. The van der Waals surface area contributed by atoms with Gasteiger partial charge in [-0.3, -0.25) is 0 Å². The zero-order chi connectivity index (χ0) is 8.69. The molecule has 0 unspecified atom stereocenters. The van der Waals surface area contributed by atoms with Crippen molar-refractivity contribution in [2.45, 2.75) is 6.29 Å². The van der Waals surface area contributed by atoms with Crippen molar-refractivity contribution in [2.75, 3.05) is 21.3 Å². The molecule has 0 aliphatic rings. The second kappa shape index (κ2) is 5.71. The molecule has 0 heterocycles. The summed E-state index contributed by atoms with van der Waals surface area (Å²) in [5.41, 5.74) is 0.303. The van der Waals surface area contributed by atoms with Crippen LogP contribution >= 0.6 is 0 Å². The summed E-state index contributed by atoms with van der Waals surface area (Å²) in [6.45, 7) is 0. The first-order valence-electron chi connectivity index (χ1n) is 2.98. The van der Waals surface area contributed by atoms with Gasteiger partial charge < -0.3 is 14.2 Å². The van der Waals surface area contributed by atoms with E-state index in [1.54, 1.807) is 0 Å². The Kier molecular flexibility index (Phi) is 5.17. The van der Waals surface area contributed by atoms with Gasteiger partial charge in [-0.25, -0.2) is 0 Å². The highest BCUT2D eigenvalue weighted by atomic mass is 16.7. The summed E-state index contributed by atoms with van der Waals surface area (Å²) in [7, 11) is 4.36. The number of hydrogen-bond donors (Lipinski definition) is 0. The van der Waals surface area contributed by atoms with Crippen molar-refractivity contribution < 1.29 is 14.2 Å². The van der Waals surface area contributed by atoms with Crippen LogP contribution in [-0.4, -0.2) is 27.6 Å². The molecule has 0 aromatic heterocycles. The Morgan fingerprint density at radius 2 is 1.91 bits per heavy atom. The van der Waals surface area contributed by atoms with Crippen molar-refractivity contribution in [3.63, 3.8) is 0 Å². The largest absolute Gasteiger partial charge is 0.503 e. The van der Waals surface area contributed by atoms with Gasteiger partial charge in [0.1, 0.15) is 17.9 Å². The van der Waals surface area contributed by atoms with E-state index in [1.807, 2.05) is 6.07 Å². The van der Waals surface area contributed by atoms with E-state index < -0.39 is 6.29 Å². The summed E-state index contributed by atoms with van der Waals surface area (Å²) in [5.74, 6) is 0. The molecule has 0 atom stereocenters. The van der Waals surface area contributed by atoms with Crippen LogP contribution in [0.4, 0.5) is 0 Å². The zero-order valence-electron chi connectivity index (χ0n) is 6.83. The smallest absolute Gasteiger partial charge is 0.196 e. The summed E-state index contributed by atoms with van der Waals surface area (Å²) in [6, 6.07) is 1.89. The Morgan fingerprint density at radius 3 is 2.18 bits per heavy atom. The maximum atomic E-state index is 8.53. The van der Waals surface area contributed by atoms with E-state index in [-0.39, 0.29) is 0 Å². The van der Waals surface area contributed by atoms with Gasteiger partial charge in [0, 0.05) is 14.2 Å². The lowest BCUT2D eigenvalue weighted by Gasteiger charge is -2.10. The lowest BCUT2D eigenvalue weighted by atomic mass is 10.3. The fourth-order valence-corrected chi connectivity index (χ4v) is 0.612. The van der Waals surface area contributed by atoms with Gasteiger partial charge in [-0.1, -0.05) is 0 Å². The van der Waals surface area contributed by atoms with Crippen LogP contribution in [0.15, 0.2) is 11.8 Å². The van der Waals surface area contributed by atoms with E-state index in [0.717, 1.165) is 0 Å². The summed E-state index contributed by atoms with van der Waals surface area (Å²) in [6.07, 6.45) is 0.650. The minimum atomic E-state index is -0.639. The molecule has 0 fully saturated rings. The summed E-state index contributed by atoms with van der Waals surface area (Å²) in [5, 5.41) is 8.53. The maximum absolute atomic E-state index is 8.53. The molecule has 0 aromatic carbocycles. The molecule has 4 heteroatoms. The minimum absolute atomic E-state index is 0.303. The van der Waals surface area contributed by atoms with Crippen molar-refractivity contribution in [1.29, 1.82) is 5.26 Å². The predicted molar refractivity (Wildman–Crippen MR) is 38.5 cm³/mol. The second-order valence-electron chi connectivity index (χ2n) is 1.72. The van der Waals surface area contributed by atoms with Gasteiger partial charge in [0.2, 0.25) is 0 Å². The van der Waals surface area contributed by atoms with E-state index in [4.69, 9.17) is 14.7 Å². The average Bonchev–Trinajstić information content (AvgIpc) is 2.05. The molecule has 11 heavy (non-hydrogen) atoms. The molecule has 0 aromatic rings. The SMILES string of the molecule is CO/C=C(/C#N)C(OC)OC. The Hall–Kier alpha value is -1.05. The van der Waals surface area contributed by atoms with E-state index in [1.165, 1.54) is 27.6 Å². The fraction of sp³-hybridized carbons (Fsp3) is 0.571. The Morgan fingerprint density at radius 1 is 1.36 bits per heavy atom. The molecular weight excluding hydrogens is 146 g/mol. The third kappa shape index (κ3) is 3.03. The highest BCUT2D eigenvalue weighted by Crippen LogP contribution is 2.04. The number of ether oxygens (including phenoxy) is 3. The molecule has 0 saturated heterocycles. The molecule has 0 saturated carbocycles. The van der Waals surface area contributed by atoms with E-state index in [2.05, 4.69) is 4.74 Å². The predicted octanol–water partition coefficient (Wildman–Crippen LogP) is 0.659. The van der Waals surface area contributed by atoms with Crippen molar-refractivity contribution in [3.8, 4) is 6.07 Å². The van der Waals surface area contributed by atoms with Gasteiger partial charge in [0.25, 0.3) is 0 Å². The van der Waals surface area contributed by atoms with Gasteiger partial charge >= 0.3 is 0 Å². The van der Waals surface area contributed by atoms with Gasteiger partial charge in [0.05, 0.1) is 7.11 Å². The quantitative estimate of drug-likeness (QED) is 0.341. The van der Waals surface area contributed by atoms with Crippen molar-refractivity contribution in [3.05, 3.63) is 11.8 Å². The lowest BCUT2D eigenvalue weighted by Crippen LogP contribution is -2.15. The second-order valence-corrected chi connectivity index (χ2v) is 1.72. The zero-order valence-corrected chi connectivity index (χ0v) is 6.83. The normalized spacial score (nSPS) is 11.4. The van der Waals surface area contributed by atoms with Crippen molar-refractivity contribution in [2.24, 2.45) is 0 Å². The highest BCUT2D eigenvalue weighted by Gasteiger charge is 2.11. The number of nitrogens with zero attached hydrogens (tertiary/aromatic N) is 1. The van der Waals surface area contributed by atoms with E-state index in [0.29, 0.717) is 5.57 Å². The van der Waals surface area contributed by atoms with Crippen LogP contribution in [0.3, 0.4) is 0 Å². The Bertz CT molecular complexity index is 167. The third-order valence-electron chi connectivity index (χ3n) is 1.06. The van der Waals surface area contributed by atoms with Crippen LogP contribution in [0.1, 0.15) is 0 Å². The van der Waals surface area contributed by atoms with Crippen molar-refractivity contribution in [1.82, 2.24) is 0 Å². The molecule has 0 rings (SSSR count). The first-order valence-corrected chi connectivity index (χ1v) is 2.98. The van der Waals surface area contributed by atoms with Crippen LogP contribution in [0.2, 0.25) is 0 Å². The standard InChI is InChI=1S/C7H11NO3/c1-9-5-6(4-8)7(10-2)11-3/h5,7H,1-3H3/b6-5-. The first kappa shape index (κ1) is 9.95. The summed E-state index contributed by atoms with van der Waals surface area (Å²) < 4.78 is 14.3. The molecule has 4 nitrogen and oxygen atoms in total. The summed E-state index contributed by atoms with van der Waals surface area (Å²) in [4.78, 5) is 0. The molecular formula is C7H11NO3. The van der Waals surface area contributed by atoms with Crippen LogP contribution < -0.4 is 0 Å². The Labute approximate surface area is 66.0 Å². The lowest BCUT2D eigenvalue weighted by molar-refractivity contribution is -0.0732. The van der Waals surface area contributed by atoms with Gasteiger partial charge in [-0.05, 0) is 0 Å². The highest BCUT2D eigenvalue weighted by molar-refractivity contribution is 5.21. The molecule has 0 N–H and O–H groups in total. The first-order chi connectivity index (χ1) is 5.29. The molecule has 0 aliphatic heterocycles. The van der Waals surface area contributed by atoms with Crippen LogP contribution in [0.5, 0.6) is 0 Å².